The minimum atomic E-state index is -3.37. The molecule has 0 N–H and O–H groups in total. The zero-order valence-corrected chi connectivity index (χ0v) is 16.7. The summed E-state index contributed by atoms with van der Waals surface area (Å²) in [7, 11) is -10.1. The normalized spacial score (nSPS) is 5.00. The van der Waals surface area contributed by atoms with E-state index < -0.39 is 23.7 Å². The molecule has 0 heterocycles. The molecule has 0 aliphatic carbocycles. The van der Waals surface area contributed by atoms with Gasteiger partial charge >= 0.3 is 88.7 Å². The van der Waals surface area contributed by atoms with Crippen molar-refractivity contribution in [2.24, 2.45) is 0 Å². The zero-order chi connectivity index (χ0) is 10.7. The van der Waals surface area contributed by atoms with Gasteiger partial charge in [-0.2, -0.15) is 0 Å². The largest absolute Gasteiger partial charge is 1.00 e. The summed E-state index contributed by atoms with van der Waals surface area (Å²) in [4.78, 5) is 25.4. The van der Waals surface area contributed by atoms with Crippen LogP contribution in [0, 0.1) is 0 Å². The predicted octanol–water partition coefficient (Wildman–Crippen LogP) is -10.7. The van der Waals surface area contributed by atoms with E-state index in [1.165, 1.54) is 0 Å². The summed E-state index contributed by atoms with van der Waals surface area (Å²) in [5, 5.41) is 0. The molecule has 0 aliphatic rings. The van der Waals surface area contributed by atoms with Crippen molar-refractivity contribution in [3.8, 4) is 0 Å². The van der Waals surface area contributed by atoms with E-state index >= 15 is 0 Å². The van der Waals surface area contributed by atoms with Crippen molar-refractivity contribution in [1.29, 1.82) is 0 Å². The van der Waals surface area contributed by atoms with Gasteiger partial charge in [0, 0.05) is 0 Å². The van der Waals surface area contributed by atoms with Crippen LogP contribution in [0.3, 0.4) is 0 Å². The van der Waals surface area contributed by atoms with Gasteiger partial charge in [-0.15, -0.1) is 0 Å². The second kappa shape index (κ2) is 30.0. The Morgan fingerprint density at radius 1 is 0.467 bits per heavy atom. The molecule has 0 aromatic heterocycles. The van der Waals surface area contributed by atoms with Gasteiger partial charge in [-0.05, 0) is 0 Å². The number of hydrogen-bond donors (Lipinski definition) is 0. The van der Waals surface area contributed by atoms with Crippen LogP contribution < -0.4 is 103 Å². The average Bonchev–Trinajstić information content (AvgIpc) is 1.54. The number of hydrogen-bond acceptors (Lipinski definition) is 9. The van der Waals surface area contributed by atoms with E-state index in [-0.39, 0.29) is 88.7 Å². The smallest absolute Gasteiger partial charge is 0.744 e. The quantitative estimate of drug-likeness (QED) is 0.311. The van der Waals surface area contributed by atoms with Gasteiger partial charge in [-0.25, -0.2) is 0 Å². The van der Waals surface area contributed by atoms with Gasteiger partial charge in [0.05, 0.1) is 0 Å². The van der Waals surface area contributed by atoms with E-state index in [1.807, 2.05) is 0 Å². The van der Waals surface area contributed by atoms with Gasteiger partial charge in [-0.3, -0.25) is 27.4 Å². The molecule has 0 fully saturated rings. The van der Waals surface area contributed by atoms with Gasteiger partial charge in [0.25, 0.3) is 0 Å². The average molecular weight is 306 g/mol. The Morgan fingerprint density at radius 2 is 0.467 bits per heavy atom. The second-order valence-corrected chi connectivity index (χ2v) is 2.01. The molecule has 0 unspecified atom stereocenters. The Labute approximate surface area is 152 Å². The summed E-state index contributed by atoms with van der Waals surface area (Å²) < 4.78 is 50.9. The van der Waals surface area contributed by atoms with E-state index in [0.29, 0.717) is 0 Å². The summed E-state index contributed by atoms with van der Waals surface area (Å²) in [6.07, 6.45) is 0. The van der Waals surface area contributed by atoms with Crippen LogP contribution in [0.2, 0.25) is 0 Å². The molecule has 15 heavy (non-hydrogen) atoms. The van der Waals surface area contributed by atoms with E-state index in [2.05, 4.69) is 0 Å². The first-order valence-corrected chi connectivity index (χ1v) is 4.93. The molecule has 0 amide bonds. The Kier molecular flexibility index (Phi) is 72.1. The molecular formula is Na3O9P3. The maximum Gasteiger partial charge on any atom is 1.00 e. The van der Waals surface area contributed by atoms with Crippen LogP contribution in [0.4, 0.5) is 0 Å². The Bertz CT molecular complexity index is 213. The van der Waals surface area contributed by atoms with Gasteiger partial charge in [0.15, 0.2) is 0 Å². The molecule has 0 aromatic carbocycles. The van der Waals surface area contributed by atoms with Crippen molar-refractivity contribution in [3.63, 3.8) is 0 Å². The molecule has 0 aromatic rings. The Morgan fingerprint density at radius 3 is 0.467 bits per heavy atom. The summed E-state index contributed by atoms with van der Waals surface area (Å²) in [5.41, 5.74) is 0. The third-order valence-corrected chi connectivity index (χ3v) is 0. The third-order valence-electron chi connectivity index (χ3n) is 0. The van der Waals surface area contributed by atoms with Crippen molar-refractivity contribution in [3.05, 3.63) is 0 Å². The van der Waals surface area contributed by atoms with E-state index in [9.17, 15) is 0 Å². The maximum atomic E-state index is 8.48. The minimum Gasteiger partial charge on any atom is -0.744 e. The first-order chi connectivity index (χ1) is 5.20. The molecule has 0 saturated heterocycles. The van der Waals surface area contributed by atoms with Crippen molar-refractivity contribution in [2.75, 3.05) is 0 Å². The van der Waals surface area contributed by atoms with Gasteiger partial charge < -0.3 is 14.7 Å². The fraction of sp³-hybridized carbons (Fsp3) is 0. The van der Waals surface area contributed by atoms with Crippen molar-refractivity contribution in [1.82, 2.24) is 0 Å². The van der Waals surface area contributed by atoms with E-state index in [0.717, 1.165) is 0 Å². The SMILES string of the molecule is O=P(=O)[O-].O=P(=O)[O-].O=P(=O)[O-].[Na+].[Na+].[Na+]. The van der Waals surface area contributed by atoms with Gasteiger partial charge in [-0.1, -0.05) is 0 Å². The Balaban J connectivity index is -0.0000000184. The molecular weight excluding hydrogens is 306 g/mol. The molecule has 72 valence electrons. The van der Waals surface area contributed by atoms with Crippen molar-refractivity contribution < 1.29 is 131 Å². The second-order valence-electron chi connectivity index (χ2n) is 0.671. The van der Waals surface area contributed by atoms with Crippen LogP contribution in [0.1, 0.15) is 0 Å². The van der Waals surface area contributed by atoms with Crippen molar-refractivity contribution >= 4 is 23.7 Å². The van der Waals surface area contributed by atoms with E-state index in [4.69, 9.17) is 42.1 Å². The van der Waals surface area contributed by atoms with E-state index in [1.54, 1.807) is 0 Å². The maximum absolute atomic E-state index is 8.48. The molecule has 0 saturated carbocycles. The van der Waals surface area contributed by atoms with Crippen LogP contribution in [0.5, 0.6) is 0 Å². The molecule has 0 radical (unpaired) electrons. The van der Waals surface area contributed by atoms with Gasteiger partial charge in [0.1, 0.15) is 0 Å². The molecule has 0 atom stereocenters. The topological polar surface area (TPSA) is 172 Å². The molecule has 9 nitrogen and oxygen atoms in total. The molecule has 0 rings (SSSR count). The van der Waals surface area contributed by atoms with Crippen LogP contribution in [0.25, 0.3) is 0 Å². The molecule has 0 bridgehead atoms. The summed E-state index contributed by atoms with van der Waals surface area (Å²) >= 11 is 0. The fourth-order valence-electron chi connectivity index (χ4n) is 0. The Hall–Kier alpha value is 2.58. The molecule has 0 aliphatic heterocycles. The van der Waals surface area contributed by atoms with Crippen LogP contribution in [-0.4, -0.2) is 0 Å². The molecule has 15 heteroatoms. The summed E-state index contributed by atoms with van der Waals surface area (Å²) in [6.45, 7) is 0. The summed E-state index contributed by atoms with van der Waals surface area (Å²) in [5.74, 6) is 0. The zero-order valence-electron chi connectivity index (χ0n) is 8.02. The summed E-state index contributed by atoms with van der Waals surface area (Å²) in [6, 6.07) is 0. The van der Waals surface area contributed by atoms with Crippen LogP contribution in [0.15, 0.2) is 0 Å². The standard InChI is InChI=1S/3Na.3HO3P/c;;;3*1-4(2)3/h;;;3*(H,1,2,3)/q3*+1;;;/p-3. The van der Waals surface area contributed by atoms with Crippen molar-refractivity contribution in [2.45, 2.75) is 0 Å². The minimum absolute atomic E-state index is 0. The fourth-order valence-corrected chi connectivity index (χ4v) is 0. The molecule has 0 spiro atoms. The third kappa shape index (κ3) is 529. The van der Waals surface area contributed by atoms with Crippen LogP contribution >= 0.6 is 23.7 Å². The first-order valence-electron chi connectivity index (χ1n) is 1.64. The predicted molar refractivity (Wildman–Crippen MR) is 24.9 cm³/mol. The van der Waals surface area contributed by atoms with Crippen LogP contribution in [-0.2, 0) is 27.4 Å². The van der Waals surface area contributed by atoms with Gasteiger partial charge in [0.2, 0.25) is 23.7 Å². The monoisotopic (exact) mass is 306 g/mol. The first kappa shape index (κ1) is 36.0. The number of rotatable bonds is 0.